The molecule has 4 rings (SSSR count). The molecule has 8 heteroatoms. The van der Waals surface area contributed by atoms with Crippen LogP contribution in [0.15, 0.2) is 89.1 Å². The van der Waals surface area contributed by atoms with E-state index in [0.29, 0.717) is 16.9 Å². The molecule has 0 spiro atoms. The summed E-state index contributed by atoms with van der Waals surface area (Å²) in [6, 6.07) is 21.5. The maximum Gasteiger partial charge on any atom is 0.267 e. The van der Waals surface area contributed by atoms with Crippen LogP contribution in [0.5, 0.6) is 0 Å². The van der Waals surface area contributed by atoms with E-state index in [-0.39, 0.29) is 15.3 Å². The van der Waals surface area contributed by atoms with Crippen LogP contribution in [-0.2, 0) is 10.0 Å². The van der Waals surface area contributed by atoms with E-state index in [4.69, 9.17) is 0 Å². The van der Waals surface area contributed by atoms with Crippen LogP contribution in [0.25, 0.3) is 11.1 Å². The van der Waals surface area contributed by atoms with Crippen LogP contribution in [0.4, 0.5) is 15.8 Å². The fraction of sp³-hybridized carbons (Fsp3) is 0.0800. The van der Waals surface area contributed by atoms with Crippen molar-refractivity contribution in [3.05, 3.63) is 101 Å². The minimum atomic E-state index is -4.16. The van der Waals surface area contributed by atoms with E-state index in [2.05, 4.69) is 5.32 Å². The van der Waals surface area contributed by atoms with Gasteiger partial charge in [0, 0.05) is 23.7 Å². The summed E-state index contributed by atoms with van der Waals surface area (Å²) in [5.74, 6) is -1.04. The molecule has 0 atom stereocenters. The number of rotatable bonds is 6. The summed E-state index contributed by atoms with van der Waals surface area (Å²) in [5, 5.41) is 4.36. The largest absolute Gasteiger partial charge is 0.321 e. The average Bonchev–Trinajstić information content (AvgIpc) is 3.26. The molecule has 168 valence electrons. The summed E-state index contributed by atoms with van der Waals surface area (Å²) in [5.41, 5.74) is 2.60. The fourth-order valence-electron chi connectivity index (χ4n) is 3.44. The van der Waals surface area contributed by atoms with Crippen molar-refractivity contribution in [1.29, 1.82) is 0 Å². The van der Waals surface area contributed by atoms with Gasteiger partial charge in [-0.1, -0.05) is 42.5 Å². The van der Waals surface area contributed by atoms with Crippen molar-refractivity contribution in [2.45, 2.75) is 11.8 Å². The van der Waals surface area contributed by atoms with Crippen molar-refractivity contribution in [3.63, 3.8) is 0 Å². The third-order valence-corrected chi connectivity index (χ3v) is 8.08. The van der Waals surface area contributed by atoms with Gasteiger partial charge in [-0.3, -0.25) is 9.10 Å². The van der Waals surface area contributed by atoms with Crippen molar-refractivity contribution in [2.24, 2.45) is 0 Å². The number of amides is 1. The number of hydrogen-bond donors (Lipinski definition) is 1. The van der Waals surface area contributed by atoms with Gasteiger partial charge in [-0.2, -0.15) is 0 Å². The van der Waals surface area contributed by atoms with E-state index in [1.807, 2.05) is 13.0 Å². The van der Waals surface area contributed by atoms with E-state index in [9.17, 15) is 17.6 Å². The van der Waals surface area contributed by atoms with Crippen molar-refractivity contribution < 1.29 is 17.6 Å². The summed E-state index contributed by atoms with van der Waals surface area (Å²) >= 11 is 1.01. The molecule has 4 aromatic rings. The van der Waals surface area contributed by atoms with Gasteiger partial charge in [0.15, 0.2) is 0 Å². The Morgan fingerprint density at radius 1 is 0.970 bits per heavy atom. The van der Waals surface area contributed by atoms with Crippen molar-refractivity contribution in [3.8, 4) is 11.1 Å². The van der Waals surface area contributed by atoms with Crippen molar-refractivity contribution in [2.75, 3.05) is 16.7 Å². The molecule has 0 aliphatic carbocycles. The lowest BCUT2D eigenvalue weighted by Crippen LogP contribution is -2.28. The zero-order valence-electron chi connectivity index (χ0n) is 17.9. The number of hydrogen-bond acceptors (Lipinski definition) is 4. The number of benzene rings is 3. The molecule has 1 amide bonds. The minimum absolute atomic E-state index is 0.0264. The van der Waals surface area contributed by atoms with E-state index in [1.165, 1.54) is 25.2 Å². The SMILES string of the molecule is Cc1cccc(NC(=O)c2scc(-c3cccc(F)c3)c2S(=O)(=O)N(C)c2ccccc2)c1. The highest BCUT2D eigenvalue weighted by Crippen LogP contribution is 2.38. The molecule has 0 saturated heterocycles. The zero-order valence-corrected chi connectivity index (χ0v) is 19.6. The Hall–Kier alpha value is -3.49. The van der Waals surface area contributed by atoms with Gasteiger partial charge in [0.2, 0.25) is 0 Å². The summed E-state index contributed by atoms with van der Waals surface area (Å²) in [7, 11) is -2.73. The number of nitrogens with one attached hydrogen (secondary N) is 1. The molecule has 0 aliphatic rings. The number of para-hydroxylation sites is 1. The van der Waals surface area contributed by atoms with Gasteiger partial charge in [0.25, 0.3) is 15.9 Å². The first-order valence-electron chi connectivity index (χ1n) is 10.1. The Bertz CT molecular complexity index is 1420. The van der Waals surface area contributed by atoms with Gasteiger partial charge in [-0.05, 0) is 54.4 Å². The number of carbonyl (C=O) groups is 1. The molecule has 0 saturated carbocycles. The third-order valence-electron chi connectivity index (χ3n) is 5.10. The standard InChI is InChI=1S/C25H21FN2O3S2/c1-17-8-6-11-20(14-17)27-25(29)23-24(22(16-32-23)18-9-7-10-19(26)15-18)33(30,31)28(2)21-12-4-3-5-13-21/h3-16H,1-2H3,(H,27,29). The second kappa shape index (κ2) is 9.17. The number of nitrogens with zero attached hydrogens (tertiary/aromatic N) is 1. The summed E-state index contributed by atoms with van der Waals surface area (Å²) in [6.07, 6.45) is 0. The van der Waals surface area contributed by atoms with Gasteiger partial charge in [0.1, 0.15) is 15.6 Å². The molecular weight excluding hydrogens is 459 g/mol. The highest BCUT2D eigenvalue weighted by atomic mass is 32.2. The average molecular weight is 481 g/mol. The summed E-state index contributed by atoms with van der Waals surface area (Å²) in [6.45, 7) is 1.90. The first-order chi connectivity index (χ1) is 15.8. The number of halogens is 1. The Morgan fingerprint density at radius 3 is 2.39 bits per heavy atom. The highest BCUT2D eigenvalue weighted by molar-refractivity contribution is 7.93. The zero-order chi connectivity index (χ0) is 23.6. The molecule has 33 heavy (non-hydrogen) atoms. The van der Waals surface area contributed by atoms with E-state index >= 15 is 0 Å². The number of thiophene rings is 1. The van der Waals surface area contributed by atoms with Gasteiger partial charge in [0.05, 0.1) is 5.69 Å². The molecule has 0 bridgehead atoms. The Morgan fingerprint density at radius 2 is 1.70 bits per heavy atom. The minimum Gasteiger partial charge on any atom is -0.321 e. The second-order valence-corrected chi connectivity index (χ2v) is 10.2. The maximum absolute atomic E-state index is 14.0. The summed E-state index contributed by atoms with van der Waals surface area (Å²) < 4.78 is 42.6. The van der Waals surface area contributed by atoms with Crippen molar-refractivity contribution in [1.82, 2.24) is 0 Å². The molecule has 0 unspecified atom stereocenters. The second-order valence-electron chi connectivity index (χ2n) is 7.45. The number of anilines is 2. The molecule has 0 aliphatic heterocycles. The predicted octanol–water partition coefficient (Wildman–Crippen LogP) is 5.94. The quantitative estimate of drug-likeness (QED) is 0.371. The predicted molar refractivity (Wildman–Crippen MR) is 131 cm³/mol. The third kappa shape index (κ3) is 4.67. The molecular formula is C25H21FN2O3S2. The van der Waals surface area contributed by atoms with Gasteiger partial charge < -0.3 is 5.32 Å². The number of sulfonamides is 1. The van der Waals surface area contributed by atoms with Crippen LogP contribution in [0.2, 0.25) is 0 Å². The number of aryl methyl sites for hydroxylation is 1. The van der Waals surface area contributed by atoms with Crippen LogP contribution in [-0.4, -0.2) is 21.4 Å². The molecule has 1 aromatic heterocycles. The molecule has 5 nitrogen and oxygen atoms in total. The van der Waals surface area contributed by atoms with E-state index < -0.39 is 21.7 Å². The Kier molecular flexibility index (Phi) is 6.31. The van der Waals surface area contributed by atoms with Crippen molar-refractivity contribution >= 4 is 38.6 Å². The topological polar surface area (TPSA) is 66.5 Å². The molecule has 3 aromatic carbocycles. The summed E-state index contributed by atoms with van der Waals surface area (Å²) in [4.78, 5) is 13.1. The van der Waals surface area contributed by atoms with Gasteiger partial charge in [-0.15, -0.1) is 11.3 Å². The monoisotopic (exact) mass is 480 g/mol. The maximum atomic E-state index is 14.0. The lowest BCUT2D eigenvalue weighted by Gasteiger charge is -2.21. The van der Waals surface area contributed by atoms with Crippen LogP contribution in [0.1, 0.15) is 15.2 Å². The molecule has 0 radical (unpaired) electrons. The van der Waals surface area contributed by atoms with Crippen LogP contribution < -0.4 is 9.62 Å². The number of carbonyl (C=O) groups excluding carboxylic acids is 1. The Labute approximate surface area is 196 Å². The first-order valence-corrected chi connectivity index (χ1v) is 12.4. The molecule has 1 N–H and O–H groups in total. The molecule has 0 fully saturated rings. The van der Waals surface area contributed by atoms with Crippen LogP contribution in [0.3, 0.4) is 0 Å². The highest BCUT2D eigenvalue weighted by Gasteiger charge is 2.32. The van der Waals surface area contributed by atoms with E-state index in [0.717, 1.165) is 21.2 Å². The van der Waals surface area contributed by atoms with E-state index in [1.54, 1.807) is 60.0 Å². The lowest BCUT2D eigenvalue weighted by molar-refractivity contribution is 0.102. The van der Waals surface area contributed by atoms with Gasteiger partial charge >= 0.3 is 0 Å². The van der Waals surface area contributed by atoms with Gasteiger partial charge in [-0.25, -0.2) is 12.8 Å². The smallest absolute Gasteiger partial charge is 0.267 e. The first kappa shape index (κ1) is 22.7. The van der Waals surface area contributed by atoms with Crippen LogP contribution >= 0.6 is 11.3 Å². The van der Waals surface area contributed by atoms with Crippen LogP contribution in [0, 0.1) is 12.7 Å². The fourth-order valence-corrected chi connectivity index (χ4v) is 6.29. The molecule has 1 heterocycles. The normalized spacial score (nSPS) is 11.2. The lowest BCUT2D eigenvalue weighted by atomic mass is 10.1. The Balaban J connectivity index is 1.85.